The number of rotatable bonds is 7. The summed E-state index contributed by atoms with van der Waals surface area (Å²) in [6, 6.07) is 5.00. The first-order valence-electron chi connectivity index (χ1n) is 8.91. The molecule has 2 bridgehead atoms. The van der Waals surface area contributed by atoms with Crippen LogP contribution in [0.25, 0.3) is 0 Å². The lowest BCUT2D eigenvalue weighted by Gasteiger charge is -2.31. The molecule has 3 rings (SSSR count). The van der Waals surface area contributed by atoms with Crippen molar-refractivity contribution in [3.05, 3.63) is 30.1 Å². The molecule has 0 spiro atoms. The minimum absolute atomic E-state index is 0.582. The monoisotopic (exact) mass is 286 g/mol. The lowest BCUT2D eigenvalue weighted by Crippen LogP contribution is -2.37. The highest BCUT2D eigenvalue weighted by Gasteiger charge is 2.40. The van der Waals surface area contributed by atoms with Gasteiger partial charge < -0.3 is 5.32 Å². The number of hydrogen-bond donors (Lipinski definition) is 1. The molecule has 2 fully saturated rings. The zero-order valence-corrected chi connectivity index (χ0v) is 13.6. The number of pyridine rings is 1. The van der Waals surface area contributed by atoms with Gasteiger partial charge in [-0.25, -0.2) is 0 Å². The van der Waals surface area contributed by atoms with Gasteiger partial charge in [0.1, 0.15) is 0 Å². The first-order valence-corrected chi connectivity index (χ1v) is 8.91. The number of aromatic nitrogens is 1. The number of fused-ring (bicyclic) bond motifs is 2. The average Bonchev–Trinajstić information content (AvgIpc) is 3.14. The van der Waals surface area contributed by atoms with Gasteiger partial charge in [0.25, 0.3) is 0 Å². The van der Waals surface area contributed by atoms with E-state index in [9.17, 15) is 0 Å². The highest BCUT2D eigenvalue weighted by molar-refractivity contribution is 5.17. The second-order valence-corrected chi connectivity index (χ2v) is 7.30. The van der Waals surface area contributed by atoms with Crippen LogP contribution in [0.3, 0.4) is 0 Å². The van der Waals surface area contributed by atoms with Gasteiger partial charge in [-0.05, 0) is 80.0 Å². The summed E-state index contributed by atoms with van der Waals surface area (Å²) in [4.78, 5) is 4.16. The quantitative estimate of drug-likeness (QED) is 0.804. The fourth-order valence-electron chi connectivity index (χ4n) is 4.68. The molecule has 2 saturated carbocycles. The van der Waals surface area contributed by atoms with E-state index in [4.69, 9.17) is 0 Å². The van der Waals surface area contributed by atoms with Gasteiger partial charge in [-0.2, -0.15) is 0 Å². The van der Waals surface area contributed by atoms with E-state index >= 15 is 0 Å². The number of nitrogens with zero attached hydrogens (tertiary/aromatic N) is 1. The van der Waals surface area contributed by atoms with E-state index in [0.717, 1.165) is 24.3 Å². The van der Waals surface area contributed by atoms with E-state index in [1.807, 2.05) is 12.4 Å². The molecule has 2 nitrogen and oxygen atoms in total. The van der Waals surface area contributed by atoms with E-state index in [1.165, 1.54) is 44.1 Å². The molecule has 1 aromatic heterocycles. The standard InChI is InChI=1S/C19H30N2/c1-3-8-21-19(14(2)16-6-9-20-10-7-16)13-18-12-15-4-5-17(18)11-15/h6-7,9-10,14-15,17-19,21H,3-5,8,11-13H2,1-2H3. The number of hydrogen-bond acceptors (Lipinski definition) is 2. The van der Waals surface area contributed by atoms with E-state index in [1.54, 1.807) is 0 Å². The van der Waals surface area contributed by atoms with Gasteiger partial charge in [-0.15, -0.1) is 0 Å². The van der Waals surface area contributed by atoms with E-state index < -0.39 is 0 Å². The summed E-state index contributed by atoms with van der Waals surface area (Å²) in [7, 11) is 0. The Bertz CT molecular complexity index is 430. The molecule has 2 aliphatic rings. The third kappa shape index (κ3) is 3.48. The van der Waals surface area contributed by atoms with Crippen LogP contribution in [0.15, 0.2) is 24.5 Å². The van der Waals surface area contributed by atoms with Crippen LogP contribution in [0.1, 0.15) is 63.9 Å². The van der Waals surface area contributed by atoms with Crippen LogP contribution >= 0.6 is 0 Å². The van der Waals surface area contributed by atoms with E-state index in [-0.39, 0.29) is 0 Å². The van der Waals surface area contributed by atoms with Crippen LogP contribution in [0, 0.1) is 17.8 Å². The van der Waals surface area contributed by atoms with Crippen molar-refractivity contribution in [2.24, 2.45) is 17.8 Å². The van der Waals surface area contributed by atoms with Crippen molar-refractivity contribution in [3.8, 4) is 0 Å². The molecule has 0 aromatic carbocycles. The lowest BCUT2D eigenvalue weighted by atomic mass is 9.80. The van der Waals surface area contributed by atoms with E-state index in [0.29, 0.717) is 12.0 Å². The smallest absolute Gasteiger partial charge is 0.0270 e. The van der Waals surface area contributed by atoms with Crippen molar-refractivity contribution >= 4 is 0 Å². The predicted octanol–water partition coefficient (Wildman–Crippen LogP) is 4.38. The Morgan fingerprint density at radius 1 is 1.24 bits per heavy atom. The second-order valence-electron chi connectivity index (χ2n) is 7.30. The highest BCUT2D eigenvalue weighted by atomic mass is 14.9. The maximum absolute atomic E-state index is 4.16. The summed E-state index contributed by atoms with van der Waals surface area (Å²) in [5, 5.41) is 3.83. The van der Waals surface area contributed by atoms with Gasteiger partial charge in [0.05, 0.1) is 0 Å². The summed E-state index contributed by atoms with van der Waals surface area (Å²) in [6.45, 7) is 5.79. The van der Waals surface area contributed by atoms with Gasteiger partial charge in [0.15, 0.2) is 0 Å². The van der Waals surface area contributed by atoms with Crippen LogP contribution in [-0.4, -0.2) is 17.6 Å². The zero-order chi connectivity index (χ0) is 14.7. The second kappa shape index (κ2) is 6.91. The van der Waals surface area contributed by atoms with Crippen molar-refractivity contribution in [3.63, 3.8) is 0 Å². The molecule has 1 heterocycles. The van der Waals surface area contributed by atoms with Crippen LogP contribution in [0.2, 0.25) is 0 Å². The molecule has 5 unspecified atom stereocenters. The maximum Gasteiger partial charge on any atom is 0.0270 e. The molecule has 0 saturated heterocycles. The van der Waals surface area contributed by atoms with Gasteiger partial charge in [-0.3, -0.25) is 4.98 Å². The van der Waals surface area contributed by atoms with Gasteiger partial charge in [-0.1, -0.05) is 20.3 Å². The van der Waals surface area contributed by atoms with Crippen molar-refractivity contribution in [2.45, 2.75) is 64.3 Å². The van der Waals surface area contributed by atoms with Crippen molar-refractivity contribution in [2.75, 3.05) is 6.54 Å². The SMILES string of the molecule is CCCNC(CC1CC2CCC1C2)C(C)c1ccncc1. The fourth-order valence-corrected chi connectivity index (χ4v) is 4.68. The third-order valence-corrected chi connectivity index (χ3v) is 5.93. The van der Waals surface area contributed by atoms with Crippen LogP contribution in [0.4, 0.5) is 0 Å². The molecular formula is C19H30N2. The summed E-state index contributed by atoms with van der Waals surface area (Å²) < 4.78 is 0. The normalized spacial score (nSPS) is 30.5. The van der Waals surface area contributed by atoms with Crippen molar-refractivity contribution in [1.29, 1.82) is 0 Å². The molecular weight excluding hydrogens is 256 g/mol. The van der Waals surface area contributed by atoms with Crippen LogP contribution < -0.4 is 5.32 Å². The van der Waals surface area contributed by atoms with Crippen molar-refractivity contribution in [1.82, 2.24) is 10.3 Å². The zero-order valence-electron chi connectivity index (χ0n) is 13.6. The molecule has 5 atom stereocenters. The maximum atomic E-state index is 4.16. The summed E-state index contributed by atoms with van der Waals surface area (Å²) in [5.74, 6) is 3.65. The molecule has 0 aliphatic heterocycles. The Hall–Kier alpha value is -0.890. The van der Waals surface area contributed by atoms with Gasteiger partial charge in [0, 0.05) is 18.4 Å². The Morgan fingerprint density at radius 2 is 2.05 bits per heavy atom. The van der Waals surface area contributed by atoms with E-state index in [2.05, 4.69) is 36.3 Å². The van der Waals surface area contributed by atoms with Gasteiger partial charge >= 0.3 is 0 Å². The Labute approximate surface area is 129 Å². The predicted molar refractivity (Wildman–Crippen MR) is 88.3 cm³/mol. The third-order valence-electron chi connectivity index (χ3n) is 5.93. The van der Waals surface area contributed by atoms with Crippen LogP contribution in [0.5, 0.6) is 0 Å². The largest absolute Gasteiger partial charge is 0.313 e. The molecule has 21 heavy (non-hydrogen) atoms. The molecule has 1 N–H and O–H groups in total. The first kappa shape index (κ1) is 15.0. The summed E-state index contributed by atoms with van der Waals surface area (Å²) in [6.07, 6.45) is 12.5. The molecule has 1 aromatic rings. The fraction of sp³-hybridized carbons (Fsp3) is 0.737. The minimum Gasteiger partial charge on any atom is -0.313 e. The van der Waals surface area contributed by atoms with Crippen molar-refractivity contribution < 1.29 is 0 Å². The number of nitrogens with one attached hydrogen (secondary N) is 1. The molecule has 0 radical (unpaired) electrons. The summed E-state index contributed by atoms with van der Waals surface area (Å²) in [5.41, 5.74) is 1.43. The highest BCUT2D eigenvalue weighted by Crippen LogP contribution is 2.50. The first-order chi connectivity index (χ1) is 10.3. The Morgan fingerprint density at radius 3 is 2.67 bits per heavy atom. The summed E-state index contributed by atoms with van der Waals surface area (Å²) >= 11 is 0. The topological polar surface area (TPSA) is 24.9 Å². The Balaban J connectivity index is 1.65. The minimum atomic E-state index is 0.582. The lowest BCUT2D eigenvalue weighted by molar-refractivity contribution is 0.264. The molecule has 2 heteroatoms. The van der Waals surface area contributed by atoms with Gasteiger partial charge in [0.2, 0.25) is 0 Å². The Kier molecular flexibility index (Phi) is 4.95. The molecule has 116 valence electrons. The van der Waals surface area contributed by atoms with Crippen LogP contribution in [-0.2, 0) is 0 Å². The average molecular weight is 286 g/mol. The molecule has 0 amide bonds. The molecule has 2 aliphatic carbocycles.